The van der Waals surface area contributed by atoms with Crippen molar-refractivity contribution in [3.63, 3.8) is 0 Å². The van der Waals surface area contributed by atoms with Crippen LogP contribution in [0, 0.1) is 6.92 Å². The van der Waals surface area contributed by atoms with Crippen molar-refractivity contribution >= 4 is 15.8 Å². The van der Waals surface area contributed by atoms with E-state index in [1.807, 2.05) is 0 Å². The summed E-state index contributed by atoms with van der Waals surface area (Å²) in [6.45, 7) is 3.96. The van der Waals surface area contributed by atoms with Crippen molar-refractivity contribution in [1.29, 1.82) is 0 Å². The molecule has 1 heterocycles. The van der Waals surface area contributed by atoms with Gasteiger partial charge in [0.2, 0.25) is 0 Å². The Balaban J connectivity index is 2.15. The second-order valence-corrected chi connectivity index (χ2v) is 7.53. The average Bonchev–Trinajstić information content (AvgIpc) is 2.46. The first-order chi connectivity index (χ1) is 9.92. The van der Waals surface area contributed by atoms with Crippen LogP contribution < -0.4 is 0 Å². The number of benzene rings is 1. The quantitative estimate of drug-likeness (QED) is 0.899. The molecule has 1 aromatic rings. The molecule has 1 aliphatic rings. The molecular weight excluding hydrogens is 290 g/mol. The summed E-state index contributed by atoms with van der Waals surface area (Å²) in [5, 5.41) is 9.09. The molecule has 116 valence electrons. The number of carboxylic acids is 1. The summed E-state index contributed by atoms with van der Waals surface area (Å²) in [5.74, 6) is -1.06. The molecular formula is C15H21NO4S. The maximum absolute atomic E-state index is 12.5. The van der Waals surface area contributed by atoms with Gasteiger partial charge in [-0.1, -0.05) is 12.5 Å². The fourth-order valence-corrected chi connectivity index (χ4v) is 4.31. The Morgan fingerprint density at radius 2 is 1.90 bits per heavy atom. The molecule has 0 aromatic heterocycles. The van der Waals surface area contributed by atoms with Crippen molar-refractivity contribution in [2.75, 3.05) is 25.4 Å². The minimum Gasteiger partial charge on any atom is -0.478 e. The Labute approximate surface area is 125 Å². The van der Waals surface area contributed by atoms with Gasteiger partial charge in [0.1, 0.15) is 0 Å². The van der Waals surface area contributed by atoms with Crippen LogP contribution in [0.25, 0.3) is 0 Å². The van der Waals surface area contributed by atoms with Crippen molar-refractivity contribution in [3.8, 4) is 0 Å². The zero-order chi connectivity index (χ0) is 15.5. The summed E-state index contributed by atoms with van der Waals surface area (Å²) in [7, 11) is -3.45. The number of carboxylic acid groups (broad SMARTS) is 1. The molecule has 1 N–H and O–H groups in total. The molecule has 0 unspecified atom stereocenters. The Bertz CT molecular complexity index is 619. The highest BCUT2D eigenvalue weighted by atomic mass is 32.2. The van der Waals surface area contributed by atoms with Gasteiger partial charge in [-0.05, 0) is 50.6 Å². The van der Waals surface area contributed by atoms with Crippen molar-refractivity contribution in [1.82, 2.24) is 4.90 Å². The van der Waals surface area contributed by atoms with E-state index in [0.717, 1.165) is 25.9 Å². The molecule has 1 fully saturated rings. The number of sulfone groups is 1. The van der Waals surface area contributed by atoms with Crippen LogP contribution >= 0.6 is 0 Å². The van der Waals surface area contributed by atoms with Crippen molar-refractivity contribution in [3.05, 3.63) is 29.3 Å². The van der Waals surface area contributed by atoms with Crippen LogP contribution in [0.1, 0.15) is 35.2 Å². The second kappa shape index (κ2) is 6.58. The molecule has 0 atom stereocenters. The first-order valence-electron chi connectivity index (χ1n) is 7.20. The standard InChI is InChI=1S/C15H21NO4S/c1-12-13(15(17)18)6-5-7-14(12)21(19,20)11-10-16-8-3-2-4-9-16/h5-7H,2-4,8-11H2,1H3,(H,17,18). The predicted molar refractivity (Wildman–Crippen MR) is 80.5 cm³/mol. The van der Waals surface area contributed by atoms with Crippen LogP contribution in [0.15, 0.2) is 23.1 Å². The summed E-state index contributed by atoms with van der Waals surface area (Å²) in [4.78, 5) is 13.4. The van der Waals surface area contributed by atoms with E-state index >= 15 is 0 Å². The molecule has 21 heavy (non-hydrogen) atoms. The van der Waals surface area contributed by atoms with E-state index in [1.54, 1.807) is 6.92 Å². The van der Waals surface area contributed by atoms with Crippen molar-refractivity contribution < 1.29 is 18.3 Å². The summed E-state index contributed by atoms with van der Waals surface area (Å²) < 4.78 is 24.9. The van der Waals surface area contributed by atoms with Crippen LogP contribution in [0.5, 0.6) is 0 Å². The molecule has 0 aliphatic carbocycles. The van der Waals surface area contributed by atoms with Crippen LogP contribution in [-0.4, -0.2) is 49.8 Å². The SMILES string of the molecule is Cc1c(C(=O)O)cccc1S(=O)(=O)CCN1CCCCC1. The topological polar surface area (TPSA) is 74.7 Å². The minimum atomic E-state index is -3.45. The molecule has 0 bridgehead atoms. The highest BCUT2D eigenvalue weighted by molar-refractivity contribution is 7.91. The van der Waals surface area contributed by atoms with Crippen molar-refractivity contribution in [2.24, 2.45) is 0 Å². The lowest BCUT2D eigenvalue weighted by molar-refractivity contribution is 0.0696. The van der Waals surface area contributed by atoms with E-state index in [4.69, 9.17) is 5.11 Å². The zero-order valence-corrected chi connectivity index (χ0v) is 13.0. The van der Waals surface area contributed by atoms with Gasteiger partial charge in [-0.25, -0.2) is 13.2 Å². The zero-order valence-electron chi connectivity index (χ0n) is 12.2. The maximum Gasteiger partial charge on any atom is 0.335 e. The molecule has 0 saturated carbocycles. The Hall–Kier alpha value is -1.40. The van der Waals surface area contributed by atoms with Gasteiger partial charge in [0.25, 0.3) is 0 Å². The van der Waals surface area contributed by atoms with Gasteiger partial charge in [-0.15, -0.1) is 0 Å². The summed E-state index contributed by atoms with van der Waals surface area (Å²) in [6, 6.07) is 4.42. The molecule has 2 rings (SSSR count). The van der Waals surface area contributed by atoms with Crippen LogP contribution in [0.2, 0.25) is 0 Å². The Morgan fingerprint density at radius 1 is 1.24 bits per heavy atom. The third kappa shape index (κ3) is 3.83. The van der Waals surface area contributed by atoms with Crippen LogP contribution in [-0.2, 0) is 9.84 Å². The van der Waals surface area contributed by atoms with Crippen LogP contribution in [0.4, 0.5) is 0 Å². The smallest absolute Gasteiger partial charge is 0.335 e. The van der Waals surface area contributed by atoms with Gasteiger partial charge in [-0.2, -0.15) is 0 Å². The van der Waals surface area contributed by atoms with E-state index < -0.39 is 15.8 Å². The second-order valence-electron chi connectivity index (χ2n) is 5.46. The molecule has 6 heteroatoms. The van der Waals surface area contributed by atoms with E-state index in [1.165, 1.54) is 24.6 Å². The highest BCUT2D eigenvalue weighted by Gasteiger charge is 2.22. The molecule has 1 aliphatic heterocycles. The lowest BCUT2D eigenvalue weighted by atomic mass is 10.1. The molecule has 0 amide bonds. The third-order valence-corrected chi connectivity index (χ3v) is 5.81. The molecule has 0 spiro atoms. The number of aromatic carboxylic acids is 1. The third-order valence-electron chi connectivity index (χ3n) is 3.97. The van der Waals surface area contributed by atoms with Gasteiger partial charge in [0.15, 0.2) is 9.84 Å². The van der Waals surface area contributed by atoms with E-state index in [0.29, 0.717) is 12.1 Å². The fourth-order valence-electron chi connectivity index (χ4n) is 2.73. The predicted octanol–water partition coefficient (Wildman–Crippen LogP) is 1.95. The molecule has 1 aromatic carbocycles. The lowest BCUT2D eigenvalue weighted by Crippen LogP contribution is -2.34. The van der Waals surface area contributed by atoms with Crippen molar-refractivity contribution in [2.45, 2.75) is 31.1 Å². The molecule has 0 radical (unpaired) electrons. The highest BCUT2D eigenvalue weighted by Crippen LogP contribution is 2.21. The number of piperidine rings is 1. The van der Waals surface area contributed by atoms with E-state index in [2.05, 4.69) is 4.90 Å². The normalized spacial score (nSPS) is 16.8. The number of rotatable bonds is 5. The van der Waals surface area contributed by atoms with Gasteiger partial charge in [-0.3, -0.25) is 0 Å². The fraction of sp³-hybridized carbons (Fsp3) is 0.533. The number of carbonyl (C=O) groups is 1. The first-order valence-corrected chi connectivity index (χ1v) is 8.85. The maximum atomic E-state index is 12.5. The Kier molecular flexibility index (Phi) is 5.00. The Morgan fingerprint density at radius 3 is 2.52 bits per heavy atom. The number of nitrogens with zero attached hydrogens (tertiary/aromatic N) is 1. The van der Waals surface area contributed by atoms with E-state index in [9.17, 15) is 13.2 Å². The summed E-state index contributed by atoms with van der Waals surface area (Å²) in [5.41, 5.74) is 0.373. The first kappa shape index (κ1) is 16.0. The summed E-state index contributed by atoms with van der Waals surface area (Å²) in [6.07, 6.45) is 3.45. The number of likely N-dealkylation sites (tertiary alicyclic amines) is 1. The van der Waals surface area contributed by atoms with Gasteiger partial charge in [0, 0.05) is 6.54 Å². The number of hydrogen-bond donors (Lipinski definition) is 1. The van der Waals surface area contributed by atoms with Gasteiger partial charge in [0.05, 0.1) is 16.2 Å². The van der Waals surface area contributed by atoms with E-state index in [-0.39, 0.29) is 16.2 Å². The summed E-state index contributed by atoms with van der Waals surface area (Å²) >= 11 is 0. The molecule has 5 nitrogen and oxygen atoms in total. The van der Waals surface area contributed by atoms with Gasteiger partial charge < -0.3 is 10.0 Å². The average molecular weight is 311 g/mol. The molecule has 1 saturated heterocycles. The number of hydrogen-bond acceptors (Lipinski definition) is 4. The van der Waals surface area contributed by atoms with Crippen LogP contribution in [0.3, 0.4) is 0 Å². The lowest BCUT2D eigenvalue weighted by Gasteiger charge is -2.26. The van der Waals surface area contributed by atoms with Gasteiger partial charge >= 0.3 is 5.97 Å². The monoisotopic (exact) mass is 311 g/mol. The minimum absolute atomic E-state index is 0.0386. The largest absolute Gasteiger partial charge is 0.478 e.